The molecule has 26 heavy (non-hydrogen) atoms. The van der Waals surface area contributed by atoms with Gasteiger partial charge in [0.15, 0.2) is 0 Å². The van der Waals surface area contributed by atoms with Crippen LogP contribution in [0.15, 0.2) is 29.2 Å². The highest BCUT2D eigenvalue weighted by Crippen LogP contribution is 2.21. The first kappa shape index (κ1) is 19.3. The van der Waals surface area contributed by atoms with E-state index in [9.17, 15) is 17.6 Å². The van der Waals surface area contributed by atoms with Crippen LogP contribution in [0.25, 0.3) is 0 Å². The lowest BCUT2D eigenvalue weighted by Crippen LogP contribution is -2.52. The number of carbonyl (C=O) groups excluding carboxylic acids is 1. The van der Waals surface area contributed by atoms with Crippen molar-refractivity contribution in [2.45, 2.75) is 24.7 Å². The third-order valence-electron chi connectivity index (χ3n) is 5.28. The van der Waals surface area contributed by atoms with Crippen molar-refractivity contribution in [1.29, 1.82) is 0 Å². The zero-order valence-electron chi connectivity index (χ0n) is 15.1. The Balaban J connectivity index is 1.54. The number of sulfonamides is 1. The number of nitrogens with zero attached hydrogens (tertiary/aromatic N) is 3. The number of carbonyl (C=O) groups is 1. The van der Waals surface area contributed by atoms with Gasteiger partial charge in [-0.05, 0) is 30.9 Å². The molecule has 0 aliphatic carbocycles. The van der Waals surface area contributed by atoms with Crippen LogP contribution in [0.4, 0.5) is 4.39 Å². The SMILES string of the molecule is CC1CCN(C(=O)CN2CCN(S(=O)(=O)c3ccccc3F)CC2)CC1. The summed E-state index contributed by atoms with van der Waals surface area (Å²) in [5, 5.41) is 0. The quantitative estimate of drug-likeness (QED) is 0.788. The van der Waals surface area contributed by atoms with E-state index in [1.807, 2.05) is 9.80 Å². The molecule has 6 nitrogen and oxygen atoms in total. The lowest BCUT2D eigenvalue weighted by atomic mass is 9.99. The van der Waals surface area contributed by atoms with E-state index in [1.54, 1.807) is 0 Å². The number of rotatable bonds is 4. The molecule has 0 spiro atoms. The van der Waals surface area contributed by atoms with Crippen LogP contribution < -0.4 is 0 Å². The Hall–Kier alpha value is -1.51. The average molecular weight is 383 g/mol. The molecule has 3 rings (SSSR count). The molecule has 0 unspecified atom stereocenters. The third kappa shape index (κ3) is 4.24. The summed E-state index contributed by atoms with van der Waals surface area (Å²) in [5.74, 6) is 0.0536. The first-order chi connectivity index (χ1) is 12.4. The highest BCUT2D eigenvalue weighted by molar-refractivity contribution is 7.89. The van der Waals surface area contributed by atoms with Crippen molar-refractivity contribution in [2.75, 3.05) is 45.8 Å². The zero-order chi connectivity index (χ0) is 18.7. The van der Waals surface area contributed by atoms with E-state index in [1.165, 1.54) is 22.5 Å². The maximum atomic E-state index is 13.9. The standard InChI is InChI=1S/C18H26FN3O3S/c1-15-6-8-21(9-7-15)18(23)14-20-10-12-22(13-11-20)26(24,25)17-5-3-2-4-16(17)19/h2-5,15H,6-14H2,1H3. The fourth-order valence-electron chi connectivity index (χ4n) is 3.47. The van der Waals surface area contributed by atoms with Crippen LogP contribution in [0, 0.1) is 11.7 Å². The van der Waals surface area contributed by atoms with E-state index in [-0.39, 0.29) is 23.9 Å². The smallest absolute Gasteiger partial charge is 0.246 e. The molecule has 2 heterocycles. The lowest BCUT2D eigenvalue weighted by molar-refractivity contribution is -0.134. The molecule has 0 aromatic heterocycles. The zero-order valence-corrected chi connectivity index (χ0v) is 15.9. The van der Waals surface area contributed by atoms with Crippen molar-refractivity contribution in [1.82, 2.24) is 14.1 Å². The van der Waals surface area contributed by atoms with Crippen LogP contribution in [0.1, 0.15) is 19.8 Å². The molecule has 1 aromatic carbocycles. The second-order valence-corrected chi connectivity index (χ2v) is 9.08. The van der Waals surface area contributed by atoms with Gasteiger partial charge in [-0.25, -0.2) is 12.8 Å². The summed E-state index contributed by atoms with van der Waals surface area (Å²) in [4.78, 5) is 16.0. The van der Waals surface area contributed by atoms with Gasteiger partial charge in [0.05, 0.1) is 6.54 Å². The molecule has 2 fully saturated rings. The van der Waals surface area contributed by atoms with E-state index in [2.05, 4.69) is 6.92 Å². The molecule has 0 radical (unpaired) electrons. The number of piperidine rings is 1. The molecule has 8 heteroatoms. The molecule has 0 bridgehead atoms. The highest BCUT2D eigenvalue weighted by atomic mass is 32.2. The van der Waals surface area contributed by atoms with E-state index in [4.69, 9.17) is 0 Å². The van der Waals surface area contributed by atoms with Crippen molar-refractivity contribution >= 4 is 15.9 Å². The van der Waals surface area contributed by atoms with E-state index < -0.39 is 15.8 Å². The summed E-state index contributed by atoms with van der Waals surface area (Å²) in [6.45, 7) is 5.62. The second-order valence-electron chi connectivity index (χ2n) is 7.17. The van der Waals surface area contributed by atoms with Crippen molar-refractivity contribution < 1.29 is 17.6 Å². The van der Waals surface area contributed by atoms with Crippen LogP contribution >= 0.6 is 0 Å². The van der Waals surface area contributed by atoms with Gasteiger partial charge in [0.2, 0.25) is 15.9 Å². The molecule has 0 saturated carbocycles. The Bertz CT molecular complexity index is 740. The summed E-state index contributed by atoms with van der Waals surface area (Å²) in [6, 6.07) is 5.43. The van der Waals surface area contributed by atoms with Crippen LogP contribution in [0.5, 0.6) is 0 Å². The summed E-state index contributed by atoms with van der Waals surface area (Å²) >= 11 is 0. The molecular formula is C18H26FN3O3S. The van der Waals surface area contributed by atoms with E-state index >= 15 is 0 Å². The largest absolute Gasteiger partial charge is 0.342 e. The number of piperazine rings is 1. The van der Waals surface area contributed by atoms with Gasteiger partial charge >= 0.3 is 0 Å². The van der Waals surface area contributed by atoms with Crippen molar-refractivity contribution in [3.05, 3.63) is 30.1 Å². The minimum atomic E-state index is -3.83. The Morgan fingerprint density at radius 2 is 1.69 bits per heavy atom. The average Bonchev–Trinajstić information content (AvgIpc) is 2.63. The number of hydrogen-bond donors (Lipinski definition) is 0. The number of likely N-dealkylation sites (tertiary alicyclic amines) is 1. The van der Waals surface area contributed by atoms with Gasteiger partial charge in [-0.15, -0.1) is 0 Å². The fraction of sp³-hybridized carbons (Fsp3) is 0.611. The first-order valence-electron chi connectivity index (χ1n) is 9.13. The maximum Gasteiger partial charge on any atom is 0.246 e. The van der Waals surface area contributed by atoms with Gasteiger partial charge in [-0.2, -0.15) is 4.31 Å². The summed E-state index contributed by atoms with van der Waals surface area (Å²) in [5.41, 5.74) is 0. The van der Waals surface area contributed by atoms with Gasteiger partial charge in [0.1, 0.15) is 10.7 Å². The number of hydrogen-bond acceptors (Lipinski definition) is 4. The molecule has 0 atom stereocenters. The summed E-state index contributed by atoms with van der Waals surface area (Å²) in [6.07, 6.45) is 2.08. The number of amides is 1. The molecule has 0 N–H and O–H groups in total. The van der Waals surface area contributed by atoms with E-state index in [0.717, 1.165) is 32.0 Å². The monoisotopic (exact) mass is 383 g/mol. The Morgan fingerprint density at radius 1 is 1.08 bits per heavy atom. The Labute approximate surface area is 154 Å². The van der Waals surface area contributed by atoms with Gasteiger partial charge in [0, 0.05) is 39.3 Å². The first-order valence-corrected chi connectivity index (χ1v) is 10.6. The highest BCUT2D eigenvalue weighted by Gasteiger charge is 2.31. The number of halogens is 1. The predicted octanol–water partition coefficient (Wildman–Crippen LogP) is 1.39. The third-order valence-corrected chi connectivity index (χ3v) is 7.21. The van der Waals surface area contributed by atoms with Crippen molar-refractivity contribution in [3.63, 3.8) is 0 Å². The molecule has 2 saturated heterocycles. The summed E-state index contributed by atoms with van der Waals surface area (Å²) < 4.78 is 40.4. The molecular weight excluding hydrogens is 357 g/mol. The maximum absolute atomic E-state index is 13.9. The minimum absolute atomic E-state index is 0.113. The molecule has 144 valence electrons. The van der Waals surface area contributed by atoms with Gasteiger partial charge in [-0.3, -0.25) is 9.69 Å². The Kier molecular flexibility index (Phi) is 5.94. The summed E-state index contributed by atoms with van der Waals surface area (Å²) in [7, 11) is -3.83. The predicted molar refractivity (Wildman–Crippen MR) is 96.6 cm³/mol. The fourth-order valence-corrected chi connectivity index (χ4v) is 4.96. The van der Waals surface area contributed by atoms with Crippen LogP contribution in [-0.4, -0.2) is 74.2 Å². The van der Waals surface area contributed by atoms with Crippen molar-refractivity contribution in [2.24, 2.45) is 5.92 Å². The molecule has 1 amide bonds. The topological polar surface area (TPSA) is 60.9 Å². The Morgan fingerprint density at radius 3 is 2.31 bits per heavy atom. The van der Waals surface area contributed by atoms with Gasteiger partial charge < -0.3 is 4.90 Å². The second kappa shape index (κ2) is 8.02. The normalized spacial score (nSPS) is 21.1. The van der Waals surface area contributed by atoms with Crippen LogP contribution in [0.3, 0.4) is 0 Å². The van der Waals surface area contributed by atoms with Crippen LogP contribution in [-0.2, 0) is 14.8 Å². The van der Waals surface area contributed by atoms with Gasteiger partial charge in [0.25, 0.3) is 0 Å². The van der Waals surface area contributed by atoms with Gasteiger partial charge in [-0.1, -0.05) is 19.1 Å². The molecule has 2 aliphatic heterocycles. The minimum Gasteiger partial charge on any atom is -0.342 e. The molecule has 1 aromatic rings. The molecule has 2 aliphatic rings. The lowest BCUT2D eigenvalue weighted by Gasteiger charge is -2.36. The number of benzene rings is 1. The van der Waals surface area contributed by atoms with E-state index in [0.29, 0.717) is 25.6 Å². The van der Waals surface area contributed by atoms with Crippen molar-refractivity contribution in [3.8, 4) is 0 Å². The van der Waals surface area contributed by atoms with Crippen LogP contribution in [0.2, 0.25) is 0 Å².